The van der Waals surface area contributed by atoms with Crippen molar-refractivity contribution in [3.8, 4) is 0 Å². The molecule has 0 aliphatic rings. The Balaban J connectivity index is 2.99. The zero-order valence-corrected chi connectivity index (χ0v) is 7.13. The molecule has 0 unspecified atom stereocenters. The molecule has 12 heavy (non-hydrogen) atoms. The fourth-order valence-electron chi connectivity index (χ4n) is 1.62. The minimum atomic E-state index is -0.142. The molecule has 2 heteroatoms. The van der Waals surface area contributed by atoms with Crippen molar-refractivity contribution in [3.63, 3.8) is 0 Å². The summed E-state index contributed by atoms with van der Waals surface area (Å²) >= 11 is 0. The molecular formula is C10H10FN. The molecule has 0 N–H and O–H groups in total. The van der Waals surface area contributed by atoms with Crippen molar-refractivity contribution in [2.75, 3.05) is 0 Å². The number of hydrogen-bond acceptors (Lipinski definition) is 0. The van der Waals surface area contributed by atoms with Crippen molar-refractivity contribution >= 4 is 10.9 Å². The second kappa shape index (κ2) is 2.34. The fourth-order valence-corrected chi connectivity index (χ4v) is 1.62. The Kier molecular flexibility index (Phi) is 1.43. The molecule has 2 rings (SSSR count). The summed E-state index contributed by atoms with van der Waals surface area (Å²) in [4.78, 5) is 0. The number of aromatic nitrogens is 1. The summed E-state index contributed by atoms with van der Waals surface area (Å²) in [6, 6.07) is 5.67. The Hall–Kier alpha value is -1.31. The lowest BCUT2D eigenvalue weighted by molar-refractivity contribution is 0.633. The largest absolute Gasteiger partial charge is 0.347 e. The molecule has 1 heterocycles. The molecule has 0 aliphatic heterocycles. The van der Waals surface area contributed by atoms with Crippen LogP contribution in [0.4, 0.5) is 4.39 Å². The van der Waals surface area contributed by atoms with Gasteiger partial charge in [-0.2, -0.15) is 0 Å². The first kappa shape index (κ1) is 7.35. The summed E-state index contributed by atoms with van der Waals surface area (Å²) in [7, 11) is 1.86. The first-order valence-corrected chi connectivity index (χ1v) is 3.90. The van der Waals surface area contributed by atoms with Crippen molar-refractivity contribution in [2.45, 2.75) is 6.92 Å². The standard InChI is InChI=1S/C10H10FN/c1-7-4-3-5-8-9(11)6-12(2)10(7)8/h3-6H,1-2H3. The van der Waals surface area contributed by atoms with E-state index in [4.69, 9.17) is 0 Å². The summed E-state index contributed by atoms with van der Waals surface area (Å²) in [5.74, 6) is -0.142. The van der Waals surface area contributed by atoms with E-state index in [0.29, 0.717) is 5.39 Å². The van der Waals surface area contributed by atoms with E-state index in [9.17, 15) is 4.39 Å². The minimum Gasteiger partial charge on any atom is -0.347 e. The molecule has 0 saturated heterocycles. The summed E-state index contributed by atoms with van der Waals surface area (Å²) < 4.78 is 15.0. The monoisotopic (exact) mass is 163 g/mol. The van der Waals surface area contributed by atoms with E-state index in [1.165, 1.54) is 6.20 Å². The van der Waals surface area contributed by atoms with Gasteiger partial charge >= 0.3 is 0 Å². The van der Waals surface area contributed by atoms with Crippen LogP contribution in [0.5, 0.6) is 0 Å². The van der Waals surface area contributed by atoms with Gasteiger partial charge in [-0.25, -0.2) is 4.39 Å². The minimum absolute atomic E-state index is 0.142. The Morgan fingerprint density at radius 2 is 2.08 bits per heavy atom. The van der Waals surface area contributed by atoms with E-state index in [2.05, 4.69) is 0 Å². The molecule has 0 bridgehead atoms. The van der Waals surface area contributed by atoms with Crippen LogP contribution in [0.2, 0.25) is 0 Å². The topological polar surface area (TPSA) is 4.93 Å². The van der Waals surface area contributed by atoms with Crippen LogP contribution in [0.1, 0.15) is 5.56 Å². The lowest BCUT2D eigenvalue weighted by Crippen LogP contribution is -1.86. The molecule has 0 atom stereocenters. The Morgan fingerprint density at radius 3 is 2.75 bits per heavy atom. The number of para-hydroxylation sites is 1. The third kappa shape index (κ3) is 0.843. The molecule has 0 spiro atoms. The zero-order chi connectivity index (χ0) is 8.72. The van der Waals surface area contributed by atoms with Crippen LogP contribution in [-0.4, -0.2) is 4.57 Å². The molecule has 62 valence electrons. The van der Waals surface area contributed by atoms with Crippen molar-refractivity contribution in [1.82, 2.24) is 4.57 Å². The van der Waals surface area contributed by atoms with Crippen LogP contribution in [0.25, 0.3) is 10.9 Å². The van der Waals surface area contributed by atoms with Gasteiger partial charge in [0.15, 0.2) is 0 Å². The van der Waals surface area contributed by atoms with Crippen LogP contribution in [0.3, 0.4) is 0 Å². The smallest absolute Gasteiger partial charge is 0.148 e. The van der Waals surface area contributed by atoms with E-state index in [1.807, 2.05) is 30.7 Å². The maximum Gasteiger partial charge on any atom is 0.148 e. The van der Waals surface area contributed by atoms with Gasteiger partial charge in [-0.1, -0.05) is 12.1 Å². The summed E-state index contributed by atoms with van der Waals surface area (Å²) in [5, 5.41) is 0.706. The second-order valence-electron chi connectivity index (χ2n) is 3.06. The highest BCUT2D eigenvalue weighted by Crippen LogP contribution is 2.21. The van der Waals surface area contributed by atoms with E-state index < -0.39 is 0 Å². The lowest BCUT2D eigenvalue weighted by Gasteiger charge is -1.98. The number of aryl methyl sites for hydroxylation is 2. The molecule has 0 amide bonds. The van der Waals surface area contributed by atoms with Gasteiger partial charge in [0.2, 0.25) is 0 Å². The van der Waals surface area contributed by atoms with E-state index in [1.54, 1.807) is 6.07 Å². The van der Waals surface area contributed by atoms with Gasteiger partial charge in [-0.05, 0) is 18.6 Å². The van der Waals surface area contributed by atoms with E-state index >= 15 is 0 Å². The highest BCUT2D eigenvalue weighted by Gasteiger charge is 2.06. The van der Waals surface area contributed by atoms with Crippen molar-refractivity contribution < 1.29 is 4.39 Å². The lowest BCUT2D eigenvalue weighted by atomic mass is 10.2. The number of nitrogens with zero attached hydrogens (tertiary/aromatic N) is 1. The highest BCUT2D eigenvalue weighted by molar-refractivity contribution is 5.83. The third-order valence-corrected chi connectivity index (χ3v) is 2.15. The van der Waals surface area contributed by atoms with Gasteiger partial charge in [-0.3, -0.25) is 0 Å². The van der Waals surface area contributed by atoms with E-state index in [0.717, 1.165) is 11.1 Å². The molecule has 0 radical (unpaired) electrons. The van der Waals surface area contributed by atoms with Gasteiger partial charge in [0.05, 0.1) is 5.52 Å². The third-order valence-electron chi connectivity index (χ3n) is 2.15. The van der Waals surface area contributed by atoms with Gasteiger partial charge < -0.3 is 4.57 Å². The summed E-state index contributed by atoms with van der Waals surface area (Å²) in [6.07, 6.45) is 1.51. The molecule has 1 nitrogen and oxygen atoms in total. The van der Waals surface area contributed by atoms with Gasteiger partial charge in [0, 0.05) is 18.6 Å². The molecule has 0 aliphatic carbocycles. The number of halogens is 1. The van der Waals surface area contributed by atoms with Crippen molar-refractivity contribution in [3.05, 3.63) is 35.8 Å². The Morgan fingerprint density at radius 1 is 1.33 bits per heavy atom. The van der Waals surface area contributed by atoms with Crippen LogP contribution < -0.4 is 0 Å². The molecule has 0 fully saturated rings. The molecule has 2 aromatic rings. The van der Waals surface area contributed by atoms with Gasteiger partial charge in [-0.15, -0.1) is 0 Å². The number of fused-ring (bicyclic) bond motifs is 1. The number of benzene rings is 1. The Bertz CT molecular complexity index is 429. The average Bonchev–Trinajstić information content (AvgIpc) is 2.29. The van der Waals surface area contributed by atoms with Gasteiger partial charge in [0.1, 0.15) is 5.82 Å². The summed E-state index contributed by atoms with van der Waals surface area (Å²) in [6.45, 7) is 1.99. The predicted octanol–water partition coefficient (Wildman–Crippen LogP) is 2.63. The Labute approximate surface area is 70.4 Å². The van der Waals surface area contributed by atoms with Crippen molar-refractivity contribution in [1.29, 1.82) is 0 Å². The van der Waals surface area contributed by atoms with Crippen LogP contribution >= 0.6 is 0 Å². The quantitative estimate of drug-likeness (QED) is 0.562. The highest BCUT2D eigenvalue weighted by atomic mass is 19.1. The maximum atomic E-state index is 13.2. The van der Waals surface area contributed by atoms with Crippen LogP contribution in [0.15, 0.2) is 24.4 Å². The summed E-state index contributed by atoms with van der Waals surface area (Å²) in [5.41, 5.74) is 2.09. The number of hydrogen-bond donors (Lipinski definition) is 0. The van der Waals surface area contributed by atoms with Crippen LogP contribution in [0, 0.1) is 12.7 Å². The molecular weight excluding hydrogens is 153 g/mol. The maximum absolute atomic E-state index is 13.2. The first-order chi connectivity index (χ1) is 5.70. The first-order valence-electron chi connectivity index (χ1n) is 3.90. The normalized spacial score (nSPS) is 10.9. The average molecular weight is 163 g/mol. The molecule has 1 aromatic heterocycles. The second-order valence-corrected chi connectivity index (χ2v) is 3.06. The molecule has 0 saturated carbocycles. The fraction of sp³-hybridized carbons (Fsp3) is 0.200. The van der Waals surface area contributed by atoms with E-state index in [-0.39, 0.29) is 5.82 Å². The van der Waals surface area contributed by atoms with Crippen LogP contribution in [-0.2, 0) is 7.05 Å². The zero-order valence-electron chi connectivity index (χ0n) is 7.13. The predicted molar refractivity (Wildman–Crippen MR) is 47.6 cm³/mol. The number of rotatable bonds is 0. The SMILES string of the molecule is Cc1cccc2c(F)cn(C)c12. The van der Waals surface area contributed by atoms with Crippen molar-refractivity contribution in [2.24, 2.45) is 7.05 Å². The molecule has 1 aromatic carbocycles. The van der Waals surface area contributed by atoms with Gasteiger partial charge in [0.25, 0.3) is 0 Å².